The number of benzene rings is 1. The first kappa shape index (κ1) is 17.1. The maximum atomic E-state index is 13.2. The second-order valence-electron chi connectivity index (χ2n) is 6.17. The average molecular weight is 375 g/mol. The molecule has 3 aromatic rings. The van der Waals surface area contributed by atoms with Crippen molar-refractivity contribution in [1.82, 2.24) is 10.2 Å². The molecule has 0 radical (unpaired) electrons. The predicted octanol–water partition coefficient (Wildman–Crippen LogP) is 4.17. The fourth-order valence-electron chi connectivity index (χ4n) is 2.89. The number of carbonyl (C=O) groups is 1. The molecule has 9 heteroatoms. The molecule has 27 heavy (non-hydrogen) atoms. The van der Waals surface area contributed by atoms with Gasteiger partial charge in [0, 0.05) is 16.7 Å². The Morgan fingerprint density at radius 3 is 2.59 bits per heavy atom. The van der Waals surface area contributed by atoms with Gasteiger partial charge in [-0.3, -0.25) is 9.89 Å². The van der Waals surface area contributed by atoms with Crippen molar-refractivity contribution in [2.75, 3.05) is 5.32 Å². The highest BCUT2D eigenvalue weighted by atomic mass is 19.3. The molecule has 0 aliphatic carbocycles. The largest absolute Gasteiger partial charge is 0.586 e. The molecule has 4 rings (SSSR count). The van der Waals surface area contributed by atoms with Crippen molar-refractivity contribution < 1.29 is 27.5 Å². The Bertz CT molecular complexity index is 1060. The number of alkyl halides is 2. The third kappa shape index (κ3) is 2.90. The van der Waals surface area contributed by atoms with E-state index in [9.17, 15) is 13.6 Å². The summed E-state index contributed by atoms with van der Waals surface area (Å²) >= 11 is 0. The van der Waals surface area contributed by atoms with Crippen LogP contribution < -0.4 is 14.8 Å². The Morgan fingerprint density at radius 2 is 1.89 bits per heavy atom. The van der Waals surface area contributed by atoms with Gasteiger partial charge in [0.25, 0.3) is 5.91 Å². The average Bonchev–Trinajstić information content (AvgIpc) is 3.25. The third-order valence-corrected chi connectivity index (χ3v) is 4.29. The quantitative estimate of drug-likeness (QED) is 0.717. The first-order chi connectivity index (χ1) is 12.7. The number of furan rings is 1. The number of H-pyrrole nitrogens is 1. The minimum absolute atomic E-state index is 0.111. The van der Waals surface area contributed by atoms with Crippen molar-refractivity contribution in [2.45, 2.75) is 27.1 Å². The van der Waals surface area contributed by atoms with Crippen molar-refractivity contribution in [2.24, 2.45) is 0 Å². The lowest BCUT2D eigenvalue weighted by Gasteiger charge is -2.09. The number of hydrogen-bond acceptors (Lipinski definition) is 5. The van der Waals surface area contributed by atoms with Crippen LogP contribution in [0.1, 0.15) is 27.2 Å². The number of nitrogens with one attached hydrogen (secondary N) is 2. The molecule has 2 N–H and O–H groups in total. The molecular weight excluding hydrogens is 360 g/mol. The predicted molar refractivity (Wildman–Crippen MR) is 91.1 cm³/mol. The summed E-state index contributed by atoms with van der Waals surface area (Å²) < 4.78 is 40.9. The van der Waals surface area contributed by atoms with E-state index < -0.39 is 12.2 Å². The molecule has 0 bridgehead atoms. The van der Waals surface area contributed by atoms with E-state index in [-0.39, 0.29) is 22.6 Å². The van der Waals surface area contributed by atoms with Crippen LogP contribution in [-0.4, -0.2) is 22.4 Å². The van der Waals surface area contributed by atoms with Crippen LogP contribution in [0.4, 0.5) is 14.6 Å². The SMILES string of the molecule is Cc1ccc(-c2[nH]nc(NC(=O)c3ccc4c(c3C)OC(F)(F)O4)c2C)o1. The number of fused-ring (bicyclic) bond motifs is 1. The molecule has 0 fully saturated rings. The van der Waals surface area contributed by atoms with Crippen molar-refractivity contribution in [3.63, 3.8) is 0 Å². The van der Waals surface area contributed by atoms with Gasteiger partial charge in [0.2, 0.25) is 0 Å². The highest BCUT2D eigenvalue weighted by Gasteiger charge is 2.44. The number of amides is 1. The lowest BCUT2D eigenvalue weighted by Crippen LogP contribution is -2.26. The summed E-state index contributed by atoms with van der Waals surface area (Å²) in [6.07, 6.45) is -3.74. The van der Waals surface area contributed by atoms with E-state index in [4.69, 9.17) is 4.42 Å². The van der Waals surface area contributed by atoms with E-state index >= 15 is 0 Å². The molecule has 1 aliphatic rings. The molecule has 1 aliphatic heterocycles. The Labute approximate surface area is 152 Å². The van der Waals surface area contributed by atoms with Gasteiger partial charge in [0.05, 0.1) is 0 Å². The van der Waals surface area contributed by atoms with Gasteiger partial charge in [-0.1, -0.05) is 0 Å². The zero-order valence-electron chi connectivity index (χ0n) is 14.6. The van der Waals surface area contributed by atoms with E-state index in [1.54, 1.807) is 13.0 Å². The van der Waals surface area contributed by atoms with E-state index in [1.165, 1.54) is 19.1 Å². The highest BCUT2D eigenvalue weighted by molar-refractivity contribution is 6.06. The topological polar surface area (TPSA) is 89.4 Å². The summed E-state index contributed by atoms with van der Waals surface area (Å²) in [6.45, 7) is 5.11. The first-order valence-electron chi connectivity index (χ1n) is 8.08. The van der Waals surface area contributed by atoms with Crippen LogP contribution in [0.2, 0.25) is 0 Å². The lowest BCUT2D eigenvalue weighted by molar-refractivity contribution is -0.286. The zero-order valence-corrected chi connectivity index (χ0v) is 14.6. The second-order valence-corrected chi connectivity index (χ2v) is 6.17. The molecule has 7 nitrogen and oxygen atoms in total. The summed E-state index contributed by atoms with van der Waals surface area (Å²) in [6, 6.07) is 6.28. The van der Waals surface area contributed by atoms with Crippen LogP contribution in [-0.2, 0) is 0 Å². The minimum Gasteiger partial charge on any atom is -0.460 e. The Hall–Kier alpha value is -3.36. The van der Waals surface area contributed by atoms with Crippen LogP contribution in [0, 0.1) is 20.8 Å². The van der Waals surface area contributed by atoms with Crippen molar-refractivity contribution in [3.8, 4) is 23.0 Å². The van der Waals surface area contributed by atoms with E-state index in [0.717, 1.165) is 5.76 Å². The fraction of sp³-hybridized carbons (Fsp3) is 0.222. The number of aryl methyl sites for hydroxylation is 1. The monoisotopic (exact) mass is 375 g/mol. The summed E-state index contributed by atoms with van der Waals surface area (Å²) in [4.78, 5) is 12.6. The lowest BCUT2D eigenvalue weighted by atomic mass is 10.1. The molecule has 1 amide bonds. The van der Waals surface area contributed by atoms with Crippen LogP contribution >= 0.6 is 0 Å². The number of carbonyl (C=O) groups excluding carboxylic acids is 1. The summed E-state index contributed by atoms with van der Waals surface area (Å²) in [5.41, 5.74) is 1.74. The van der Waals surface area contributed by atoms with Crippen molar-refractivity contribution >= 4 is 11.7 Å². The Kier molecular flexibility index (Phi) is 3.69. The third-order valence-electron chi connectivity index (χ3n) is 4.29. The molecule has 0 atom stereocenters. The molecule has 0 spiro atoms. The van der Waals surface area contributed by atoms with Gasteiger partial charge in [-0.15, -0.1) is 8.78 Å². The summed E-state index contributed by atoms with van der Waals surface area (Å²) in [7, 11) is 0. The van der Waals surface area contributed by atoms with Gasteiger partial charge in [0.15, 0.2) is 23.1 Å². The number of ether oxygens (including phenoxy) is 2. The van der Waals surface area contributed by atoms with Crippen LogP contribution in [0.15, 0.2) is 28.7 Å². The first-order valence-corrected chi connectivity index (χ1v) is 8.08. The van der Waals surface area contributed by atoms with Gasteiger partial charge in [-0.2, -0.15) is 5.10 Å². The maximum Gasteiger partial charge on any atom is 0.586 e. The molecule has 3 heterocycles. The molecule has 0 unspecified atom stereocenters. The highest BCUT2D eigenvalue weighted by Crippen LogP contribution is 2.44. The van der Waals surface area contributed by atoms with Gasteiger partial charge in [-0.25, -0.2) is 0 Å². The van der Waals surface area contributed by atoms with Crippen molar-refractivity contribution in [3.05, 3.63) is 46.7 Å². The maximum absolute atomic E-state index is 13.2. The van der Waals surface area contributed by atoms with Crippen LogP contribution in [0.25, 0.3) is 11.5 Å². The summed E-state index contributed by atoms with van der Waals surface area (Å²) in [5, 5.41) is 9.59. The number of aromatic amines is 1. The normalized spacial score (nSPS) is 14.4. The van der Waals surface area contributed by atoms with E-state index in [1.807, 2.05) is 13.0 Å². The Morgan fingerprint density at radius 1 is 1.11 bits per heavy atom. The number of rotatable bonds is 3. The smallest absolute Gasteiger partial charge is 0.460 e. The minimum atomic E-state index is -3.74. The fourth-order valence-corrected chi connectivity index (χ4v) is 2.89. The van der Waals surface area contributed by atoms with Gasteiger partial charge in [-0.05, 0) is 45.0 Å². The van der Waals surface area contributed by atoms with Crippen LogP contribution in [0.5, 0.6) is 11.5 Å². The van der Waals surface area contributed by atoms with Gasteiger partial charge < -0.3 is 19.2 Å². The molecule has 2 aromatic heterocycles. The summed E-state index contributed by atoms with van der Waals surface area (Å²) in [5.74, 6) is 0.882. The molecule has 0 saturated carbocycles. The second kappa shape index (κ2) is 5.83. The van der Waals surface area contributed by atoms with E-state index in [0.29, 0.717) is 22.8 Å². The standard InChI is InChI=1S/C18H15F2N3O4/c1-8-4-6-12(25-8)14-10(3)16(23-22-14)21-17(24)11-5-7-13-15(9(11)2)27-18(19,20)26-13/h4-7H,1-3H3,(H2,21,22,23,24). The number of hydrogen-bond donors (Lipinski definition) is 2. The molecular formula is C18H15F2N3O4. The number of halogens is 2. The van der Waals surface area contributed by atoms with Crippen molar-refractivity contribution in [1.29, 1.82) is 0 Å². The molecule has 0 saturated heterocycles. The zero-order chi connectivity index (χ0) is 19.3. The molecule has 1 aromatic carbocycles. The van der Waals surface area contributed by atoms with Gasteiger partial charge in [0.1, 0.15) is 11.5 Å². The van der Waals surface area contributed by atoms with Gasteiger partial charge >= 0.3 is 6.29 Å². The molecule has 140 valence electrons. The van der Waals surface area contributed by atoms with E-state index in [2.05, 4.69) is 25.0 Å². The number of aromatic nitrogens is 2. The Balaban J connectivity index is 1.60. The number of nitrogens with zero attached hydrogens (tertiary/aromatic N) is 1. The number of anilines is 1. The van der Waals surface area contributed by atoms with Crippen LogP contribution in [0.3, 0.4) is 0 Å².